The number of carbonyl (C=O) groups is 2. The molecule has 1 atom stereocenters. The number of hydrogen-bond donors (Lipinski definition) is 2. The van der Waals surface area contributed by atoms with Crippen LogP contribution in [0.1, 0.15) is 18.4 Å². The summed E-state index contributed by atoms with van der Waals surface area (Å²) in [6.07, 6.45) is -3.65. The van der Waals surface area contributed by atoms with Gasteiger partial charge in [0.25, 0.3) is 0 Å². The summed E-state index contributed by atoms with van der Waals surface area (Å²) in [6.45, 7) is 0.184. The number of carbonyl (C=O) groups excluding carboxylic acids is 2. The maximum absolute atomic E-state index is 12.5. The summed E-state index contributed by atoms with van der Waals surface area (Å²) < 4.78 is 42.8. The first-order chi connectivity index (χ1) is 10.4. The van der Waals surface area contributed by atoms with Crippen LogP contribution in [0.4, 0.5) is 18.9 Å². The van der Waals surface area contributed by atoms with Crippen LogP contribution < -0.4 is 10.6 Å². The Bertz CT molecular complexity index is 555. The summed E-state index contributed by atoms with van der Waals surface area (Å²) >= 11 is 0. The highest BCUT2D eigenvalue weighted by molar-refractivity contribution is 5.95. The number of amides is 2. The summed E-state index contributed by atoms with van der Waals surface area (Å²) in [6, 6.07) is 4.28. The lowest BCUT2D eigenvalue weighted by atomic mass is 10.2. The van der Waals surface area contributed by atoms with Crippen LogP contribution in [0.5, 0.6) is 0 Å². The van der Waals surface area contributed by atoms with E-state index in [-0.39, 0.29) is 12.2 Å². The number of rotatable bonds is 4. The fourth-order valence-electron chi connectivity index (χ4n) is 2.04. The van der Waals surface area contributed by atoms with Crippen LogP contribution in [-0.2, 0) is 20.5 Å². The quantitative estimate of drug-likeness (QED) is 0.892. The molecule has 120 valence electrons. The van der Waals surface area contributed by atoms with E-state index < -0.39 is 29.7 Å². The molecule has 1 heterocycles. The molecule has 0 bridgehead atoms. The van der Waals surface area contributed by atoms with E-state index in [1.807, 2.05) is 0 Å². The van der Waals surface area contributed by atoms with Gasteiger partial charge in [-0.15, -0.1) is 0 Å². The molecule has 1 aliphatic rings. The van der Waals surface area contributed by atoms with Crippen molar-refractivity contribution >= 4 is 17.5 Å². The highest BCUT2D eigenvalue weighted by Crippen LogP contribution is 2.30. The Hall–Kier alpha value is -2.09. The average Bonchev–Trinajstić information content (AvgIpc) is 2.98. The van der Waals surface area contributed by atoms with E-state index >= 15 is 0 Å². The molecule has 2 rings (SSSR count). The van der Waals surface area contributed by atoms with Gasteiger partial charge in [0.2, 0.25) is 11.8 Å². The zero-order valence-electron chi connectivity index (χ0n) is 11.6. The van der Waals surface area contributed by atoms with Crippen LogP contribution in [0.3, 0.4) is 0 Å². The minimum absolute atomic E-state index is 0.0196. The van der Waals surface area contributed by atoms with E-state index in [2.05, 4.69) is 10.6 Å². The Labute approximate surface area is 124 Å². The SMILES string of the molecule is O=C(CNC(=O)C1CCCO1)Nc1cccc(C(F)(F)F)c1. The third-order valence-corrected chi connectivity index (χ3v) is 3.12. The lowest BCUT2D eigenvalue weighted by Crippen LogP contribution is -2.39. The minimum atomic E-state index is -4.48. The molecule has 2 N–H and O–H groups in total. The molecule has 2 amide bonds. The number of halogens is 3. The molecule has 0 radical (unpaired) electrons. The van der Waals surface area contributed by atoms with Crippen molar-refractivity contribution in [1.82, 2.24) is 5.32 Å². The molecule has 1 aromatic carbocycles. The molecule has 5 nitrogen and oxygen atoms in total. The van der Waals surface area contributed by atoms with Crippen LogP contribution in [0.25, 0.3) is 0 Å². The van der Waals surface area contributed by atoms with Gasteiger partial charge < -0.3 is 15.4 Å². The second-order valence-electron chi connectivity index (χ2n) is 4.85. The van der Waals surface area contributed by atoms with Gasteiger partial charge in [0, 0.05) is 12.3 Å². The van der Waals surface area contributed by atoms with Gasteiger partial charge in [-0.3, -0.25) is 9.59 Å². The summed E-state index contributed by atoms with van der Waals surface area (Å²) in [4.78, 5) is 23.3. The molecule has 22 heavy (non-hydrogen) atoms. The van der Waals surface area contributed by atoms with E-state index in [0.717, 1.165) is 18.6 Å². The first kappa shape index (κ1) is 16.3. The van der Waals surface area contributed by atoms with Gasteiger partial charge in [0.05, 0.1) is 12.1 Å². The summed E-state index contributed by atoms with van der Waals surface area (Å²) in [7, 11) is 0. The predicted octanol–water partition coefficient (Wildman–Crippen LogP) is 1.94. The van der Waals surface area contributed by atoms with Crippen molar-refractivity contribution in [1.29, 1.82) is 0 Å². The Morgan fingerprint density at radius 1 is 1.32 bits per heavy atom. The van der Waals surface area contributed by atoms with Crippen molar-refractivity contribution in [2.75, 3.05) is 18.5 Å². The maximum atomic E-state index is 12.5. The van der Waals surface area contributed by atoms with Crippen LogP contribution >= 0.6 is 0 Å². The molecule has 1 aliphatic heterocycles. The number of ether oxygens (including phenoxy) is 1. The standard InChI is InChI=1S/C14H15F3N2O3/c15-14(16,17)9-3-1-4-10(7-9)19-12(20)8-18-13(21)11-5-2-6-22-11/h1,3-4,7,11H,2,5-6,8H2,(H,18,21)(H,19,20). The monoisotopic (exact) mass is 316 g/mol. The largest absolute Gasteiger partial charge is 0.416 e. The smallest absolute Gasteiger partial charge is 0.368 e. The molecule has 8 heteroatoms. The zero-order chi connectivity index (χ0) is 16.2. The Morgan fingerprint density at radius 2 is 2.09 bits per heavy atom. The van der Waals surface area contributed by atoms with Gasteiger partial charge in [-0.1, -0.05) is 6.07 Å². The van der Waals surface area contributed by atoms with Gasteiger partial charge in [0.1, 0.15) is 6.10 Å². The zero-order valence-corrected chi connectivity index (χ0v) is 11.6. The molecule has 0 saturated carbocycles. The van der Waals surface area contributed by atoms with Gasteiger partial charge in [-0.25, -0.2) is 0 Å². The van der Waals surface area contributed by atoms with Gasteiger partial charge in [0.15, 0.2) is 0 Å². The Balaban J connectivity index is 1.85. The summed E-state index contributed by atoms with van der Waals surface area (Å²) in [5, 5.41) is 4.70. The van der Waals surface area contributed by atoms with Crippen molar-refractivity contribution in [3.8, 4) is 0 Å². The summed E-state index contributed by atoms with van der Waals surface area (Å²) in [5.74, 6) is -0.998. The molecular weight excluding hydrogens is 301 g/mol. The van der Waals surface area contributed by atoms with E-state index in [0.29, 0.717) is 13.0 Å². The number of alkyl halides is 3. The second kappa shape index (κ2) is 6.78. The van der Waals surface area contributed by atoms with Crippen LogP contribution in [0.15, 0.2) is 24.3 Å². The maximum Gasteiger partial charge on any atom is 0.416 e. The van der Waals surface area contributed by atoms with Crippen LogP contribution in [-0.4, -0.2) is 31.1 Å². The highest BCUT2D eigenvalue weighted by Gasteiger charge is 2.30. The highest BCUT2D eigenvalue weighted by atomic mass is 19.4. The number of anilines is 1. The lowest BCUT2D eigenvalue weighted by molar-refractivity contribution is -0.137. The fourth-order valence-corrected chi connectivity index (χ4v) is 2.04. The van der Waals surface area contributed by atoms with Crippen molar-refractivity contribution in [2.24, 2.45) is 0 Å². The van der Waals surface area contributed by atoms with Crippen molar-refractivity contribution in [3.05, 3.63) is 29.8 Å². The van der Waals surface area contributed by atoms with Gasteiger partial charge >= 0.3 is 6.18 Å². The Kier molecular flexibility index (Phi) is 5.02. The topological polar surface area (TPSA) is 67.4 Å². The van der Waals surface area contributed by atoms with Crippen molar-refractivity contribution < 1.29 is 27.5 Å². The third kappa shape index (κ3) is 4.45. The van der Waals surface area contributed by atoms with E-state index in [4.69, 9.17) is 4.74 Å². The normalized spacial score (nSPS) is 18.0. The third-order valence-electron chi connectivity index (χ3n) is 3.12. The first-order valence-electron chi connectivity index (χ1n) is 6.72. The Morgan fingerprint density at radius 3 is 2.73 bits per heavy atom. The van der Waals surface area contributed by atoms with Crippen molar-refractivity contribution in [3.63, 3.8) is 0 Å². The van der Waals surface area contributed by atoms with Gasteiger partial charge in [-0.05, 0) is 31.0 Å². The van der Waals surface area contributed by atoms with Crippen LogP contribution in [0, 0.1) is 0 Å². The second-order valence-corrected chi connectivity index (χ2v) is 4.85. The summed E-state index contributed by atoms with van der Waals surface area (Å²) in [5.41, 5.74) is -0.833. The molecule has 1 saturated heterocycles. The molecule has 0 aliphatic carbocycles. The van der Waals surface area contributed by atoms with E-state index in [1.54, 1.807) is 0 Å². The van der Waals surface area contributed by atoms with E-state index in [1.165, 1.54) is 12.1 Å². The molecule has 0 spiro atoms. The first-order valence-corrected chi connectivity index (χ1v) is 6.72. The lowest BCUT2D eigenvalue weighted by Gasteiger charge is -2.12. The van der Waals surface area contributed by atoms with E-state index in [9.17, 15) is 22.8 Å². The molecule has 0 aromatic heterocycles. The molecular formula is C14H15F3N2O3. The number of benzene rings is 1. The molecule has 1 aromatic rings. The molecule has 1 unspecified atom stereocenters. The van der Waals surface area contributed by atoms with Gasteiger partial charge in [-0.2, -0.15) is 13.2 Å². The minimum Gasteiger partial charge on any atom is -0.368 e. The average molecular weight is 316 g/mol. The predicted molar refractivity (Wildman–Crippen MR) is 72.1 cm³/mol. The fraction of sp³-hybridized carbons (Fsp3) is 0.429. The number of hydrogen-bond acceptors (Lipinski definition) is 3. The molecule has 1 fully saturated rings. The van der Waals surface area contributed by atoms with Crippen LogP contribution in [0.2, 0.25) is 0 Å². The van der Waals surface area contributed by atoms with Crippen molar-refractivity contribution in [2.45, 2.75) is 25.1 Å². The number of nitrogens with one attached hydrogen (secondary N) is 2.